The molecule has 1 unspecified atom stereocenters. The molecule has 0 spiro atoms. The number of carboxylic acid groups (broad SMARTS) is 1. The minimum absolute atomic E-state index is 0.135. The Balaban J connectivity index is 4.21. The summed E-state index contributed by atoms with van der Waals surface area (Å²) in [5.74, 6) is -1.80. The van der Waals surface area contributed by atoms with E-state index in [0.29, 0.717) is 0 Å². The van der Waals surface area contributed by atoms with Crippen molar-refractivity contribution in [2.75, 3.05) is 6.61 Å². The monoisotopic (exact) mass is 188 g/mol. The maximum atomic E-state index is 10.7. The van der Waals surface area contributed by atoms with Crippen molar-refractivity contribution in [3.8, 4) is 0 Å². The fourth-order valence-corrected chi connectivity index (χ4v) is 0.747. The Morgan fingerprint density at radius 3 is 2.23 bits per heavy atom. The van der Waals surface area contributed by atoms with E-state index in [9.17, 15) is 9.59 Å². The van der Waals surface area contributed by atoms with E-state index in [1.54, 1.807) is 20.8 Å². The Labute approximate surface area is 77.9 Å². The summed E-state index contributed by atoms with van der Waals surface area (Å²) in [7, 11) is 0. The lowest BCUT2D eigenvalue weighted by Crippen LogP contribution is -2.33. The van der Waals surface area contributed by atoms with E-state index >= 15 is 0 Å². The molecule has 0 rings (SSSR count). The normalized spacial score (nSPS) is 13.5. The molecule has 0 bridgehead atoms. The second-order valence-electron chi connectivity index (χ2n) is 3.83. The predicted octanol–water partition coefficient (Wildman–Crippen LogP) is 1.30. The van der Waals surface area contributed by atoms with Gasteiger partial charge in [0.1, 0.15) is 0 Å². The molecule has 1 atom stereocenters. The maximum Gasteiger partial charge on any atom is 0.306 e. The van der Waals surface area contributed by atoms with Crippen LogP contribution in [0.3, 0.4) is 0 Å². The number of hydrogen-bond acceptors (Lipinski definition) is 3. The van der Waals surface area contributed by atoms with Gasteiger partial charge in [0.25, 0.3) is 0 Å². The largest absolute Gasteiger partial charge is 0.481 e. The van der Waals surface area contributed by atoms with Crippen LogP contribution in [0.4, 0.5) is 0 Å². The highest BCUT2D eigenvalue weighted by Crippen LogP contribution is 2.26. The third-order valence-corrected chi connectivity index (χ3v) is 2.19. The summed E-state index contributed by atoms with van der Waals surface area (Å²) in [5.41, 5.74) is -0.530. The highest BCUT2D eigenvalue weighted by atomic mass is 16.5. The number of rotatable bonds is 4. The third kappa shape index (κ3) is 3.92. The van der Waals surface area contributed by atoms with Gasteiger partial charge in [-0.15, -0.1) is 0 Å². The molecule has 0 fully saturated rings. The molecule has 13 heavy (non-hydrogen) atoms. The lowest BCUT2D eigenvalue weighted by Gasteiger charge is -2.27. The van der Waals surface area contributed by atoms with Gasteiger partial charge < -0.3 is 9.84 Å². The highest BCUT2D eigenvalue weighted by molar-refractivity contribution is 5.70. The Morgan fingerprint density at radius 2 is 1.92 bits per heavy atom. The van der Waals surface area contributed by atoms with Gasteiger partial charge in [0.15, 0.2) is 0 Å². The zero-order valence-electron chi connectivity index (χ0n) is 8.46. The molecule has 4 heteroatoms. The van der Waals surface area contributed by atoms with Gasteiger partial charge in [-0.05, 0) is 0 Å². The molecule has 0 amide bonds. The standard InChI is InChI=1S/C9H16O4/c1-6(8(11)12)9(3,4)5-13-7(2)10/h6H,5H2,1-4H3,(H,11,12). The molecule has 4 nitrogen and oxygen atoms in total. The molecule has 0 heterocycles. The molecule has 0 aliphatic rings. The molecule has 0 saturated carbocycles. The molecule has 0 aromatic heterocycles. The van der Waals surface area contributed by atoms with E-state index in [4.69, 9.17) is 9.84 Å². The van der Waals surface area contributed by atoms with Gasteiger partial charge in [-0.1, -0.05) is 20.8 Å². The SMILES string of the molecule is CC(=O)OCC(C)(C)C(C)C(=O)O. The second-order valence-corrected chi connectivity index (χ2v) is 3.83. The lowest BCUT2D eigenvalue weighted by molar-refractivity contribution is -0.153. The fourth-order valence-electron chi connectivity index (χ4n) is 0.747. The van der Waals surface area contributed by atoms with E-state index < -0.39 is 17.3 Å². The summed E-state index contributed by atoms with van der Waals surface area (Å²) in [6.45, 7) is 6.56. The topological polar surface area (TPSA) is 63.6 Å². The van der Waals surface area contributed by atoms with E-state index in [0.717, 1.165) is 0 Å². The van der Waals surface area contributed by atoms with Gasteiger partial charge in [0.2, 0.25) is 0 Å². The molecule has 76 valence electrons. The maximum absolute atomic E-state index is 10.7. The van der Waals surface area contributed by atoms with Crippen molar-refractivity contribution in [2.45, 2.75) is 27.7 Å². The summed E-state index contributed by atoms with van der Waals surface area (Å²) < 4.78 is 4.78. The van der Waals surface area contributed by atoms with Gasteiger partial charge >= 0.3 is 11.9 Å². The molecule has 1 N–H and O–H groups in total. The molecule has 0 saturated heterocycles. The second kappa shape index (κ2) is 4.25. The number of carbonyl (C=O) groups is 2. The predicted molar refractivity (Wildman–Crippen MR) is 47.2 cm³/mol. The molecule has 0 aliphatic heterocycles. The summed E-state index contributed by atoms with van der Waals surface area (Å²) in [4.78, 5) is 21.2. The van der Waals surface area contributed by atoms with Crippen LogP contribution >= 0.6 is 0 Å². The highest BCUT2D eigenvalue weighted by Gasteiger charge is 2.32. The van der Waals surface area contributed by atoms with Gasteiger partial charge in [-0.25, -0.2) is 0 Å². The van der Waals surface area contributed by atoms with E-state index in [2.05, 4.69) is 0 Å². The lowest BCUT2D eigenvalue weighted by atomic mass is 9.81. The van der Waals surface area contributed by atoms with Crippen LogP contribution in [0.25, 0.3) is 0 Å². The van der Waals surface area contributed by atoms with Gasteiger partial charge in [0, 0.05) is 12.3 Å². The van der Waals surface area contributed by atoms with Crippen LogP contribution in [0.1, 0.15) is 27.7 Å². The first-order valence-electron chi connectivity index (χ1n) is 4.13. The van der Waals surface area contributed by atoms with Gasteiger partial charge in [-0.2, -0.15) is 0 Å². The number of ether oxygens (including phenoxy) is 1. The van der Waals surface area contributed by atoms with Crippen LogP contribution in [0, 0.1) is 11.3 Å². The van der Waals surface area contributed by atoms with Crippen LogP contribution < -0.4 is 0 Å². The smallest absolute Gasteiger partial charge is 0.306 e. The van der Waals surface area contributed by atoms with Crippen LogP contribution in [-0.2, 0) is 14.3 Å². The van der Waals surface area contributed by atoms with Crippen molar-refractivity contribution >= 4 is 11.9 Å². The summed E-state index contributed by atoms with van der Waals surface area (Å²) in [5, 5.41) is 8.74. The van der Waals surface area contributed by atoms with Gasteiger partial charge in [0.05, 0.1) is 12.5 Å². The van der Waals surface area contributed by atoms with Gasteiger partial charge in [-0.3, -0.25) is 9.59 Å². The minimum Gasteiger partial charge on any atom is -0.481 e. The fraction of sp³-hybridized carbons (Fsp3) is 0.778. The third-order valence-electron chi connectivity index (χ3n) is 2.19. The van der Waals surface area contributed by atoms with Crippen molar-refractivity contribution in [3.63, 3.8) is 0 Å². The number of aliphatic carboxylic acids is 1. The zero-order chi connectivity index (χ0) is 10.6. The van der Waals surface area contributed by atoms with Crippen molar-refractivity contribution in [2.24, 2.45) is 11.3 Å². The van der Waals surface area contributed by atoms with Crippen LogP contribution in [0.5, 0.6) is 0 Å². The minimum atomic E-state index is -0.878. The van der Waals surface area contributed by atoms with E-state index in [1.165, 1.54) is 6.92 Å². The van der Waals surface area contributed by atoms with Crippen molar-refractivity contribution in [1.82, 2.24) is 0 Å². The van der Waals surface area contributed by atoms with Crippen LogP contribution in [-0.4, -0.2) is 23.7 Å². The van der Waals surface area contributed by atoms with Crippen molar-refractivity contribution in [3.05, 3.63) is 0 Å². The van der Waals surface area contributed by atoms with Crippen molar-refractivity contribution in [1.29, 1.82) is 0 Å². The Bertz CT molecular complexity index is 208. The summed E-state index contributed by atoms with van der Waals surface area (Å²) in [6, 6.07) is 0. The Morgan fingerprint density at radius 1 is 1.46 bits per heavy atom. The van der Waals surface area contributed by atoms with E-state index in [1.807, 2.05) is 0 Å². The average molecular weight is 188 g/mol. The summed E-state index contributed by atoms with van der Waals surface area (Å²) >= 11 is 0. The zero-order valence-corrected chi connectivity index (χ0v) is 8.46. The molecular formula is C9H16O4. The van der Waals surface area contributed by atoms with Crippen LogP contribution in [0.2, 0.25) is 0 Å². The molecule has 0 aromatic carbocycles. The average Bonchev–Trinajstić information content (AvgIpc) is 1.99. The molecule has 0 radical (unpaired) electrons. The van der Waals surface area contributed by atoms with E-state index in [-0.39, 0.29) is 12.6 Å². The van der Waals surface area contributed by atoms with Crippen molar-refractivity contribution < 1.29 is 19.4 Å². The quantitative estimate of drug-likeness (QED) is 0.675. The first kappa shape index (κ1) is 11.9. The number of hydrogen-bond donors (Lipinski definition) is 1. The van der Waals surface area contributed by atoms with Crippen LogP contribution in [0.15, 0.2) is 0 Å². The first-order chi connectivity index (χ1) is 5.77. The number of esters is 1. The summed E-state index contributed by atoms with van der Waals surface area (Å²) in [6.07, 6.45) is 0. The number of carbonyl (C=O) groups excluding carboxylic acids is 1. The Kier molecular flexibility index (Phi) is 3.91. The molecule has 0 aromatic rings. The first-order valence-corrected chi connectivity index (χ1v) is 4.13. The molecular weight excluding hydrogens is 172 g/mol. The Hall–Kier alpha value is -1.06. The molecule has 0 aliphatic carbocycles. The number of carboxylic acids is 1.